The third kappa shape index (κ3) is 1.49. The van der Waals surface area contributed by atoms with Crippen molar-refractivity contribution in [3.63, 3.8) is 0 Å². The van der Waals surface area contributed by atoms with Gasteiger partial charge in [-0.1, -0.05) is 43.1 Å². The molecule has 1 aliphatic heterocycles. The van der Waals surface area contributed by atoms with Crippen molar-refractivity contribution >= 4 is 28.9 Å². The summed E-state index contributed by atoms with van der Waals surface area (Å²) in [7, 11) is 0. The molecule has 0 atom stereocenters. The molecule has 1 aromatic rings. The van der Waals surface area contributed by atoms with E-state index in [2.05, 4.69) is 25.2 Å². The molecule has 0 fully saturated rings. The Morgan fingerprint density at radius 1 is 1.29 bits per heavy atom. The minimum Gasteiger partial charge on any atom is -0.384 e. The molecule has 0 saturated heterocycles. The first kappa shape index (κ1) is 10.1. The van der Waals surface area contributed by atoms with E-state index < -0.39 is 0 Å². The quantitative estimate of drug-likeness (QED) is 0.707. The lowest BCUT2D eigenvalue weighted by atomic mass is 9.78. The lowest BCUT2D eigenvalue weighted by Crippen LogP contribution is -2.28. The van der Waals surface area contributed by atoms with Crippen molar-refractivity contribution < 1.29 is 0 Å². The van der Waals surface area contributed by atoms with Crippen molar-refractivity contribution in [2.45, 2.75) is 25.7 Å². The molecule has 1 aromatic carbocycles. The molecule has 76 valence electrons. The van der Waals surface area contributed by atoms with Crippen LogP contribution in [0.3, 0.4) is 0 Å². The number of benzene rings is 1. The van der Waals surface area contributed by atoms with Crippen LogP contribution in [0.5, 0.6) is 0 Å². The number of hydrogen-bond donors (Lipinski definition) is 1. The lowest BCUT2D eigenvalue weighted by Gasteiger charge is -2.34. The summed E-state index contributed by atoms with van der Waals surface area (Å²) in [4.78, 5) is 0. The number of fused-ring (bicyclic) bond motifs is 1. The van der Waals surface area contributed by atoms with E-state index in [1.807, 2.05) is 6.07 Å². The van der Waals surface area contributed by atoms with Gasteiger partial charge in [-0.15, -0.1) is 0 Å². The Balaban J connectivity index is 2.62. The summed E-state index contributed by atoms with van der Waals surface area (Å²) in [6, 6.07) is 3.94. The van der Waals surface area contributed by atoms with Gasteiger partial charge in [0.05, 0.1) is 15.7 Å². The average molecular weight is 230 g/mol. The summed E-state index contributed by atoms with van der Waals surface area (Å²) < 4.78 is 0. The number of rotatable bonds is 0. The van der Waals surface area contributed by atoms with Crippen molar-refractivity contribution in [2.24, 2.45) is 0 Å². The van der Waals surface area contributed by atoms with Crippen LogP contribution in [0.15, 0.2) is 12.1 Å². The molecule has 1 aliphatic rings. The van der Waals surface area contributed by atoms with Crippen molar-refractivity contribution in [3.8, 4) is 0 Å². The second-order valence-corrected chi connectivity index (χ2v) is 5.13. The fourth-order valence-electron chi connectivity index (χ4n) is 1.92. The Hall–Kier alpha value is -0.400. The van der Waals surface area contributed by atoms with Crippen molar-refractivity contribution in [1.82, 2.24) is 0 Å². The van der Waals surface area contributed by atoms with Crippen LogP contribution in [0, 0.1) is 0 Å². The third-order valence-electron chi connectivity index (χ3n) is 2.88. The largest absolute Gasteiger partial charge is 0.384 e. The molecule has 1 nitrogen and oxygen atoms in total. The molecule has 3 heteroatoms. The molecule has 14 heavy (non-hydrogen) atoms. The Labute approximate surface area is 94.4 Å². The van der Waals surface area contributed by atoms with Gasteiger partial charge < -0.3 is 5.32 Å². The molecule has 0 aromatic heterocycles. The van der Waals surface area contributed by atoms with E-state index >= 15 is 0 Å². The highest BCUT2D eigenvalue weighted by atomic mass is 35.5. The fraction of sp³-hybridized carbons (Fsp3) is 0.455. The van der Waals surface area contributed by atoms with Gasteiger partial charge in [-0.3, -0.25) is 0 Å². The summed E-state index contributed by atoms with van der Waals surface area (Å²) in [6.45, 7) is 5.42. The van der Waals surface area contributed by atoms with E-state index in [0.717, 1.165) is 18.7 Å². The second kappa shape index (κ2) is 3.32. The number of nitrogens with one attached hydrogen (secondary N) is 1. The van der Waals surface area contributed by atoms with Gasteiger partial charge in [0.25, 0.3) is 0 Å². The Bertz CT molecular complexity index is 372. The van der Waals surface area contributed by atoms with E-state index in [0.29, 0.717) is 10.0 Å². The van der Waals surface area contributed by atoms with E-state index in [4.69, 9.17) is 23.2 Å². The highest BCUT2D eigenvalue weighted by molar-refractivity contribution is 6.43. The zero-order chi connectivity index (χ0) is 10.3. The van der Waals surface area contributed by atoms with Crippen molar-refractivity contribution in [3.05, 3.63) is 27.7 Å². The first-order valence-corrected chi connectivity index (χ1v) is 5.50. The van der Waals surface area contributed by atoms with Crippen LogP contribution < -0.4 is 5.32 Å². The van der Waals surface area contributed by atoms with Gasteiger partial charge >= 0.3 is 0 Å². The highest BCUT2D eigenvalue weighted by Crippen LogP contribution is 2.42. The molecular weight excluding hydrogens is 217 g/mol. The van der Waals surface area contributed by atoms with Gasteiger partial charge in [0, 0.05) is 6.54 Å². The molecule has 1 N–H and O–H groups in total. The molecular formula is C11H13Cl2N. The van der Waals surface area contributed by atoms with Crippen LogP contribution in [-0.4, -0.2) is 6.54 Å². The predicted octanol–water partition coefficient (Wildman–Crippen LogP) is 4.09. The minimum atomic E-state index is 0.189. The van der Waals surface area contributed by atoms with Gasteiger partial charge in [-0.25, -0.2) is 0 Å². The lowest BCUT2D eigenvalue weighted by molar-refractivity contribution is 0.482. The highest BCUT2D eigenvalue weighted by Gasteiger charge is 2.28. The van der Waals surface area contributed by atoms with Crippen LogP contribution in [0.4, 0.5) is 5.69 Å². The number of halogens is 2. The van der Waals surface area contributed by atoms with Gasteiger partial charge in [-0.05, 0) is 23.5 Å². The van der Waals surface area contributed by atoms with Gasteiger partial charge in [0.1, 0.15) is 0 Å². The summed E-state index contributed by atoms with van der Waals surface area (Å²) >= 11 is 12.1. The van der Waals surface area contributed by atoms with Crippen LogP contribution in [-0.2, 0) is 5.41 Å². The van der Waals surface area contributed by atoms with Crippen LogP contribution in [0.1, 0.15) is 25.8 Å². The molecule has 2 rings (SSSR count). The zero-order valence-corrected chi connectivity index (χ0v) is 9.84. The second-order valence-electron chi connectivity index (χ2n) is 4.34. The number of anilines is 1. The summed E-state index contributed by atoms with van der Waals surface area (Å²) in [5.74, 6) is 0. The Morgan fingerprint density at radius 3 is 2.71 bits per heavy atom. The van der Waals surface area contributed by atoms with E-state index in [1.165, 1.54) is 5.56 Å². The minimum absolute atomic E-state index is 0.189. The normalized spacial score (nSPS) is 18.6. The first-order chi connectivity index (χ1) is 6.52. The third-order valence-corrected chi connectivity index (χ3v) is 3.68. The molecule has 0 spiro atoms. The van der Waals surface area contributed by atoms with Crippen molar-refractivity contribution in [2.75, 3.05) is 11.9 Å². The maximum absolute atomic E-state index is 6.14. The van der Waals surface area contributed by atoms with Crippen LogP contribution in [0.2, 0.25) is 10.0 Å². The zero-order valence-electron chi connectivity index (χ0n) is 8.32. The SMILES string of the molecule is CC1(C)CCNc2c1ccc(Cl)c2Cl. The number of hydrogen-bond acceptors (Lipinski definition) is 1. The maximum Gasteiger partial charge on any atom is 0.0826 e. The molecule has 1 heterocycles. The van der Waals surface area contributed by atoms with E-state index in [1.54, 1.807) is 0 Å². The van der Waals surface area contributed by atoms with E-state index in [-0.39, 0.29) is 5.41 Å². The van der Waals surface area contributed by atoms with Crippen LogP contribution in [0.25, 0.3) is 0 Å². The summed E-state index contributed by atoms with van der Waals surface area (Å²) in [5, 5.41) is 4.58. The maximum atomic E-state index is 6.14. The molecule has 0 amide bonds. The summed E-state index contributed by atoms with van der Waals surface area (Å²) in [5.41, 5.74) is 2.46. The van der Waals surface area contributed by atoms with Gasteiger partial charge in [0.15, 0.2) is 0 Å². The molecule has 0 aliphatic carbocycles. The van der Waals surface area contributed by atoms with Crippen molar-refractivity contribution in [1.29, 1.82) is 0 Å². The Morgan fingerprint density at radius 2 is 2.00 bits per heavy atom. The monoisotopic (exact) mass is 229 g/mol. The van der Waals surface area contributed by atoms with E-state index in [9.17, 15) is 0 Å². The predicted molar refractivity (Wildman–Crippen MR) is 62.6 cm³/mol. The molecule has 0 unspecified atom stereocenters. The topological polar surface area (TPSA) is 12.0 Å². The molecule has 0 bridgehead atoms. The fourth-order valence-corrected chi connectivity index (χ4v) is 2.31. The average Bonchev–Trinajstić information content (AvgIpc) is 2.11. The standard InChI is InChI=1S/C11H13Cl2N/c1-11(2)5-6-14-10-7(11)3-4-8(12)9(10)13/h3-4,14H,5-6H2,1-2H3. The van der Waals surface area contributed by atoms with Gasteiger partial charge in [-0.2, -0.15) is 0 Å². The summed E-state index contributed by atoms with van der Waals surface area (Å²) in [6.07, 6.45) is 1.12. The van der Waals surface area contributed by atoms with Crippen LogP contribution >= 0.6 is 23.2 Å². The van der Waals surface area contributed by atoms with Gasteiger partial charge in [0.2, 0.25) is 0 Å². The molecule has 0 saturated carbocycles. The first-order valence-electron chi connectivity index (χ1n) is 4.75. The Kier molecular flexibility index (Phi) is 2.40. The molecule has 0 radical (unpaired) electrons. The smallest absolute Gasteiger partial charge is 0.0826 e.